The van der Waals surface area contributed by atoms with Gasteiger partial charge in [-0.1, -0.05) is 57.2 Å². The lowest BCUT2D eigenvalue weighted by Crippen LogP contribution is -2.12. The minimum Gasteiger partial charge on any atom is -0.256 e. The molecule has 0 bridgehead atoms. The number of pyridine rings is 1. The van der Waals surface area contributed by atoms with E-state index in [9.17, 15) is 0 Å². The molecule has 0 spiro atoms. The Balaban J connectivity index is 1.73. The zero-order valence-corrected chi connectivity index (χ0v) is 18.8. The molecule has 0 atom stereocenters. The summed E-state index contributed by atoms with van der Waals surface area (Å²) in [5.41, 5.74) is 3.72. The number of rotatable bonds is 1. The van der Waals surface area contributed by atoms with Gasteiger partial charge >= 0.3 is 0 Å². The predicted molar refractivity (Wildman–Crippen MR) is 134 cm³/mol. The van der Waals surface area contributed by atoms with Crippen molar-refractivity contribution in [2.45, 2.75) is 26.2 Å². The van der Waals surface area contributed by atoms with Gasteiger partial charge in [0, 0.05) is 27.2 Å². The van der Waals surface area contributed by atoms with Crippen LogP contribution in [0.25, 0.3) is 52.3 Å². The summed E-state index contributed by atoms with van der Waals surface area (Å²) in [5.74, 6) is 0. The maximum absolute atomic E-state index is 4.91. The van der Waals surface area contributed by atoms with Crippen LogP contribution in [0.5, 0.6) is 0 Å². The highest BCUT2D eigenvalue weighted by Gasteiger charge is 2.20. The highest BCUT2D eigenvalue weighted by Crippen LogP contribution is 2.44. The minimum atomic E-state index is 0.0589. The molecule has 0 saturated heterocycles. The van der Waals surface area contributed by atoms with Gasteiger partial charge in [-0.05, 0) is 56.8 Å². The van der Waals surface area contributed by atoms with Crippen LogP contribution < -0.4 is 0 Å². The maximum Gasteiger partial charge on any atom is 0.0795 e. The molecule has 3 aromatic heterocycles. The fourth-order valence-electron chi connectivity index (χ4n) is 4.49. The summed E-state index contributed by atoms with van der Waals surface area (Å²) < 4.78 is 4.07. The fourth-order valence-corrected chi connectivity index (χ4v) is 6.75. The molecule has 146 valence electrons. The van der Waals surface area contributed by atoms with Gasteiger partial charge in [-0.25, -0.2) is 0 Å². The smallest absolute Gasteiger partial charge is 0.0795 e. The average Bonchev–Trinajstić information content (AvgIpc) is 3.36. The monoisotopic (exact) mass is 423 g/mol. The maximum atomic E-state index is 4.91. The van der Waals surface area contributed by atoms with E-state index in [1.54, 1.807) is 0 Å². The Hall–Kier alpha value is -2.75. The Morgan fingerprint density at radius 1 is 0.800 bits per heavy atom. The van der Waals surface area contributed by atoms with E-state index < -0.39 is 0 Å². The molecule has 1 nitrogen and oxygen atoms in total. The zero-order chi connectivity index (χ0) is 20.5. The van der Waals surface area contributed by atoms with Gasteiger partial charge in [-0.15, -0.1) is 22.7 Å². The molecule has 0 aliphatic rings. The lowest BCUT2D eigenvalue weighted by Gasteiger charge is -2.23. The number of thiophene rings is 2. The highest BCUT2D eigenvalue weighted by molar-refractivity contribution is 7.30. The number of hydrogen-bond acceptors (Lipinski definition) is 3. The molecule has 0 radical (unpaired) electrons. The van der Waals surface area contributed by atoms with Gasteiger partial charge in [0.05, 0.1) is 15.1 Å². The Bertz CT molecular complexity index is 1580. The second-order valence-electron chi connectivity index (χ2n) is 8.91. The number of benzene rings is 3. The highest BCUT2D eigenvalue weighted by atomic mass is 32.1. The molecule has 0 N–H and O–H groups in total. The van der Waals surface area contributed by atoms with E-state index in [1.165, 1.54) is 52.2 Å². The van der Waals surface area contributed by atoms with E-state index in [4.69, 9.17) is 4.98 Å². The second kappa shape index (κ2) is 6.37. The van der Waals surface area contributed by atoms with Crippen molar-refractivity contribution in [3.05, 3.63) is 77.8 Å². The van der Waals surface area contributed by atoms with Gasteiger partial charge in [0.2, 0.25) is 0 Å². The van der Waals surface area contributed by atoms with E-state index in [0.29, 0.717) is 0 Å². The minimum absolute atomic E-state index is 0.0589. The molecule has 0 saturated carbocycles. The van der Waals surface area contributed by atoms with E-state index in [0.717, 1.165) is 5.69 Å². The van der Waals surface area contributed by atoms with Gasteiger partial charge in [0.15, 0.2) is 0 Å². The molecule has 0 amide bonds. The van der Waals surface area contributed by atoms with Crippen LogP contribution in [0.2, 0.25) is 0 Å². The van der Waals surface area contributed by atoms with Crippen LogP contribution in [0, 0.1) is 0 Å². The Morgan fingerprint density at radius 2 is 1.67 bits per heavy atom. The molecule has 30 heavy (non-hydrogen) atoms. The zero-order valence-electron chi connectivity index (χ0n) is 17.2. The molecule has 6 aromatic rings. The van der Waals surface area contributed by atoms with Crippen LogP contribution >= 0.6 is 22.7 Å². The molecule has 0 aliphatic carbocycles. The van der Waals surface area contributed by atoms with Crippen LogP contribution in [0.1, 0.15) is 26.3 Å². The summed E-state index contributed by atoms with van der Waals surface area (Å²) >= 11 is 3.72. The first kappa shape index (κ1) is 18.1. The third kappa shape index (κ3) is 2.62. The molecule has 3 heteroatoms. The quantitative estimate of drug-likeness (QED) is 0.257. The summed E-state index contributed by atoms with van der Waals surface area (Å²) in [6, 6.07) is 22.3. The molecule has 0 unspecified atom stereocenters. The van der Waals surface area contributed by atoms with Gasteiger partial charge in [-0.3, -0.25) is 4.98 Å². The summed E-state index contributed by atoms with van der Waals surface area (Å²) in [4.78, 5) is 4.91. The summed E-state index contributed by atoms with van der Waals surface area (Å²) in [6.07, 6.45) is 1.96. The largest absolute Gasteiger partial charge is 0.256 e. The van der Waals surface area contributed by atoms with Crippen molar-refractivity contribution in [3.8, 4) is 11.3 Å². The Kier molecular flexibility index (Phi) is 3.83. The molecule has 3 aromatic carbocycles. The SMILES string of the molecule is CC(C)(C)c1cc(-c2nccc3sc4c(ccc5ccsc54)c23)cc2ccccc12. The van der Waals surface area contributed by atoms with E-state index in [2.05, 4.69) is 86.8 Å². The normalized spacial score (nSPS) is 12.5. The van der Waals surface area contributed by atoms with E-state index in [-0.39, 0.29) is 5.41 Å². The van der Waals surface area contributed by atoms with Crippen LogP contribution in [0.4, 0.5) is 0 Å². The van der Waals surface area contributed by atoms with Crippen LogP contribution in [-0.2, 0) is 5.41 Å². The third-order valence-corrected chi connectivity index (χ3v) is 8.18. The first-order chi connectivity index (χ1) is 14.5. The average molecular weight is 424 g/mol. The Morgan fingerprint density at radius 3 is 2.53 bits per heavy atom. The van der Waals surface area contributed by atoms with Crippen LogP contribution in [0.3, 0.4) is 0 Å². The topological polar surface area (TPSA) is 12.9 Å². The molecule has 0 aliphatic heterocycles. The first-order valence-electron chi connectivity index (χ1n) is 10.2. The van der Waals surface area contributed by atoms with Gasteiger partial charge in [0.25, 0.3) is 0 Å². The fraction of sp³-hybridized carbons (Fsp3) is 0.148. The van der Waals surface area contributed by atoms with Gasteiger partial charge < -0.3 is 0 Å². The van der Waals surface area contributed by atoms with E-state index >= 15 is 0 Å². The third-order valence-electron chi connectivity index (χ3n) is 5.91. The van der Waals surface area contributed by atoms with Gasteiger partial charge in [-0.2, -0.15) is 0 Å². The number of fused-ring (bicyclic) bond motifs is 6. The van der Waals surface area contributed by atoms with Crippen LogP contribution in [0.15, 0.2) is 72.2 Å². The molecule has 0 fully saturated rings. The van der Waals surface area contributed by atoms with Crippen molar-refractivity contribution in [1.29, 1.82) is 0 Å². The van der Waals surface area contributed by atoms with Crippen molar-refractivity contribution < 1.29 is 0 Å². The second-order valence-corrected chi connectivity index (χ2v) is 10.9. The van der Waals surface area contributed by atoms with E-state index in [1.807, 2.05) is 28.9 Å². The molecular formula is C27H21NS2. The van der Waals surface area contributed by atoms with Crippen molar-refractivity contribution in [2.24, 2.45) is 0 Å². The number of hydrogen-bond donors (Lipinski definition) is 0. The number of nitrogens with zero attached hydrogens (tertiary/aromatic N) is 1. The molecule has 3 heterocycles. The van der Waals surface area contributed by atoms with Crippen molar-refractivity contribution >= 4 is 63.7 Å². The number of aromatic nitrogens is 1. The predicted octanol–water partition coefficient (Wildman–Crippen LogP) is 8.78. The summed E-state index contributed by atoms with van der Waals surface area (Å²) in [7, 11) is 0. The van der Waals surface area contributed by atoms with Crippen molar-refractivity contribution in [3.63, 3.8) is 0 Å². The molecule has 6 rings (SSSR count). The van der Waals surface area contributed by atoms with Crippen molar-refractivity contribution in [1.82, 2.24) is 4.98 Å². The lowest BCUT2D eigenvalue weighted by atomic mass is 9.82. The standard InChI is InChI=1S/C27H21NS2/c1-27(2,3)21-15-18(14-17-6-4-5-7-19(17)21)24-23-20-9-8-16-11-13-29-25(16)26(20)30-22(23)10-12-28-24/h4-15H,1-3H3. The van der Waals surface area contributed by atoms with Gasteiger partial charge in [0.1, 0.15) is 0 Å². The lowest BCUT2D eigenvalue weighted by molar-refractivity contribution is 0.596. The summed E-state index contributed by atoms with van der Waals surface area (Å²) in [5, 5.41) is 8.72. The summed E-state index contributed by atoms with van der Waals surface area (Å²) in [6.45, 7) is 6.88. The van der Waals surface area contributed by atoms with Crippen molar-refractivity contribution in [2.75, 3.05) is 0 Å². The first-order valence-corrected chi connectivity index (χ1v) is 11.9. The van der Waals surface area contributed by atoms with Crippen LogP contribution in [-0.4, -0.2) is 4.98 Å². The molecular weight excluding hydrogens is 402 g/mol. The Labute approximate surface area is 183 Å².